The highest BCUT2D eigenvalue weighted by Crippen LogP contribution is 2.17. The molecule has 1 unspecified atom stereocenters. The molecule has 0 aliphatic heterocycles. The monoisotopic (exact) mass is 412 g/mol. The number of carboxylic acids is 1. The molecule has 4 nitrogen and oxygen atoms in total. The van der Waals surface area contributed by atoms with Crippen LogP contribution in [-0.4, -0.2) is 34.0 Å². The molecule has 0 heterocycles. The number of carboxylic acid groups (broad SMARTS) is 1. The van der Waals surface area contributed by atoms with Gasteiger partial charge in [0, 0.05) is 12.2 Å². The quantitative estimate of drug-likeness (QED) is 0.143. The second kappa shape index (κ2) is 20.4. The summed E-state index contributed by atoms with van der Waals surface area (Å²) in [6, 6.07) is 0. The first-order valence-corrected chi connectivity index (χ1v) is 12.2. The minimum absolute atomic E-state index is 0.270. The zero-order valence-corrected chi connectivity index (χ0v) is 19.3. The minimum atomic E-state index is -0.938. The molecule has 0 aromatic rings. The third-order valence-corrected chi connectivity index (χ3v) is 6.05. The van der Waals surface area contributed by atoms with Crippen molar-refractivity contribution in [1.29, 1.82) is 0 Å². The van der Waals surface area contributed by atoms with Gasteiger partial charge in [0.05, 0.1) is 6.10 Å². The van der Waals surface area contributed by atoms with Crippen LogP contribution in [0.5, 0.6) is 0 Å². The van der Waals surface area contributed by atoms with Gasteiger partial charge in [-0.3, -0.25) is 0 Å². The highest BCUT2D eigenvalue weighted by molar-refractivity contribution is 5.86. The molecular weight excluding hydrogens is 364 g/mol. The fourth-order valence-corrected chi connectivity index (χ4v) is 3.74. The largest absolute Gasteiger partial charge is 0.478 e. The highest BCUT2D eigenvalue weighted by atomic mass is 16.4. The molecule has 172 valence electrons. The molecular formula is C25H48O4. The summed E-state index contributed by atoms with van der Waals surface area (Å²) in [6.45, 7) is 3.62. The van der Waals surface area contributed by atoms with Gasteiger partial charge in [-0.2, -0.15) is 0 Å². The molecule has 0 aromatic carbocycles. The van der Waals surface area contributed by atoms with Gasteiger partial charge in [-0.25, -0.2) is 4.79 Å². The summed E-state index contributed by atoms with van der Waals surface area (Å²) in [7, 11) is 0. The summed E-state index contributed by atoms with van der Waals surface area (Å²) in [6.07, 6.45) is 21.6. The summed E-state index contributed by atoms with van der Waals surface area (Å²) in [4.78, 5) is 10.9. The van der Waals surface area contributed by atoms with Gasteiger partial charge in [0.2, 0.25) is 0 Å². The predicted octanol–water partition coefficient (Wildman–Crippen LogP) is 6.78. The van der Waals surface area contributed by atoms with Gasteiger partial charge in [0.25, 0.3) is 0 Å². The van der Waals surface area contributed by atoms with Gasteiger partial charge in [0.15, 0.2) is 0 Å². The highest BCUT2D eigenvalue weighted by Gasteiger charge is 2.12. The van der Waals surface area contributed by atoms with Crippen molar-refractivity contribution in [1.82, 2.24) is 0 Å². The van der Waals surface area contributed by atoms with E-state index < -0.39 is 12.1 Å². The van der Waals surface area contributed by atoms with Crippen molar-refractivity contribution < 1.29 is 20.1 Å². The van der Waals surface area contributed by atoms with E-state index in [1.165, 1.54) is 89.9 Å². The van der Waals surface area contributed by atoms with Crippen LogP contribution in [0.2, 0.25) is 0 Å². The van der Waals surface area contributed by atoms with Crippen LogP contribution < -0.4 is 0 Å². The van der Waals surface area contributed by atoms with Crippen LogP contribution in [0.15, 0.2) is 11.1 Å². The second-order valence-corrected chi connectivity index (χ2v) is 8.65. The second-order valence-electron chi connectivity index (χ2n) is 8.65. The summed E-state index contributed by atoms with van der Waals surface area (Å²) in [5.74, 6) is -0.938. The molecule has 0 fully saturated rings. The third kappa shape index (κ3) is 17.7. The standard InChI is InChI=1S/C25H48O4/c1-22(23(2)25(28)29)24(27)20-18-16-14-12-10-8-6-4-3-5-7-9-11-13-15-17-19-21-26/h24,26-27H,3-21H2,1-2H3,(H,28,29). The minimum Gasteiger partial charge on any atom is -0.478 e. The maximum absolute atomic E-state index is 10.9. The van der Waals surface area contributed by atoms with Gasteiger partial charge < -0.3 is 15.3 Å². The van der Waals surface area contributed by atoms with Crippen molar-refractivity contribution in [2.75, 3.05) is 6.61 Å². The Kier molecular flexibility index (Phi) is 19.8. The van der Waals surface area contributed by atoms with Crippen molar-refractivity contribution in [2.45, 2.75) is 136 Å². The smallest absolute Gasteiger partial charge is 0.331 e. The molecule has 3 N–H and O–H groups in total. The Balaban J connectivity index is 3.30. The normalized spacial score (nSPS) is 13.4. The van der Waals surface area contributed by atoms with Crippen molar-refractivity contribution in [3.05, 3.63) is 11.1 Å². The topological polar surface area (TPSA) is 77.8 Å². The van der Waals surface area contributed by atoms with Crippen molar-refractivity contribution >= 4 is 5.97 Å². The molecule has 0 aromatic heterocycles. The first-order valence-electron chi connectivity index (χ1n) is 12.2. The molecule has 0 radical (unpaired) electrons. The van der Waals surface area contributed by atoms with E-state index in [-0.39, 0.29) is 5.57 Å². The van der Waals surface area contributed by atoms with Gasteiger partial charge in [-0.15, -0.1) is 0 Å². The summed E-state index contributed by atoms with van der Waals surface area (Å²) < 4.78 is 0. The number of hydrogen-bond donors (Lipinski definition) is 3. The Morgan fingerprint density at radius 1 is 0.621 bits per heavy atom. The van der Waals surface area contributed by atoms with E-state index in [2.05, 4.69) is 0 Å². The Morgan fingerprint density at radius 2 is 0.931 bits per heavy atom. The zero-order valence-electron chi connectivity index (χ0n) is 19.3. The maximum Gasteiger partial charge on any atom is 0.331 e. The molecule has 0 amide bonds. The third-order valence-electron chi connectivity index (χ3n) is 6.05. The maximum atomic E-state index is 10.9. The van der Waals surface area contributed by atoms with Crippen molar-refractivity contribution in [3.8, 4) is 0 Å². The van der Waals surface area contributed by atoms with Crippen LogP contribution >= 0.6 is 0 Å². The Hall–Kier alpha value is -0.870. The van der Waals surface area contributed by atoms with Gasteiger partial charge >= 0.3 is 5.97 Å². The van der Waals surface area contributed by atoms with Crippen LogP contribution in [0.4, 0.5) is 0 Å². The molecule has 0 spiro atoms. The van der Waals surface area contributed by atoms with Crippen molar-refractivity contribution in [2.24, 2.45) is 0 Å². The lowest BCUT2D eigenvalue weighted by molar-refractivity contribution is -0.132. The fourth-order valence-electron chi connectivity index (χ4n) is 3.74. The average Bonchev–Trinajstić information content (AvgIpc) is 2.71. The van der Waals surface area contributed by atoms with Crippen LogP contribution in [0, 0.1) is 0 Å². The van der Waals surface area contributed by atoms with Gasteiger partial charge in [0.1, 0.15) is 0 Å². The summed E-state index contributed by atoms with van der Waals surface area (Å²) >= 11 is 0. The number of rotatable bonds is 21. The lowest BCUT2D eigenvalue weighted by Crippen LogP contribution is -2.13. The van der Waals surface area contributed by atoms with E-state index in [4.69, 9.17) is 10.2 Å². The van der Waals surface area contributed by atoms with E-state index in [1.54, 1.807) is 13.8 Å². The molecule has 1 atom stereocenters. The predicted molar refractivity (Wildman–Crippen MR) is 122 cm³/mol. The van der Waals surface area contributed by atoms with E-state index >= 15 is 0 Å². The van der Waals surface area contributed by atoms with E-state index in [9.17, 15) is 9.90 Å². The number of aliphatic hydroxyl groups excluding tert-OH is 2. The van der Waals surface area contributed by atoms with Crippen LogP contribution in [0.25, 0.3) is 0 Å². The molecule has 0 rings (SSSR count). The molecule has 0 aliphatic carbocycles. The van der Waals surface area contributed by atoms with Crippen LogP contribution in [0.1, 0.15) is 129 Å². The number of carbonyl (C=O) groups is 1. The van der Waals surface area contributed by atoms with Crippen LogP contribution in [-0.2, 0) is 4.79 Å². The molecule has 0 aliphatic rings. The first kappa shape index (κ1) is 28.1. The van der Waals surface area contributed by atoms with Gasteiger partial charge in [-0.05, 0) is 32.3 Å². The number of hydrogen-bond acceptors (Lipinski definition) is 3. The number of aliphatic hydroxyl groups is 2. The summed E-state index contributed by atoms with van der Waals surface area (Å²) in [5.41, 5.74) is 0.863. The molecule has 0 saturated heterocycles. The lowest BCUT2D eigenvalue weighted by Gasteiger charge is -2.12. The molecule has 29 heavy (non-hydrogen) atoms. The Bertz CT molecular complexity index is 417. The first-order chi connectivity index (χ1) is 14.0. The number of aliphatic carboxylic acids is 1. The molecule has 0 bridgehead atoms. The van der Waals surface area contributed by atoms with Crippen molar-refractivity contribution in [3.63, 3.8) is 0 Å². The van der Waals surface area contributed by atoms with Crippen LogP contribution in [0.3, 0.4) is 0 Å². The van der Waals surface area contributed by atoms with E-state index in [1.807, 2.05) is 0 Å². The molecule has 0 saturated carbocycles. The fraction of sp³-hybridized carbons (Fsp3) is 0.880. The Labute approximate surface area is 179 Å². The van der Waals surface area contributed by atoms with E-state index in [0.717, 1.165) is 19.3 Å². The lowest BCUT2D eigenvalue weighted by atomic mass is 9.99. The zero-order chi connectivity index (χ0) is 21.7. The van der Waals surface area contributed by atoms with Gasteiger partial charge in [-0.1, -0.05) is 103 Å². The Morgan fingerprint density at radius 3 is 1.24 bits per heavy atom. The van der Waals surface area contributed by atoms with E-state index in [0.29, 0.717) is 18.6 Å². The summed E-state index contributed by atoms with van der Waals surface area (Å²) in [5, 5.41) is 27.7. The average molecular weight is 413 g/mol. The SMILES string of the molecule is CC(C(=O)O)=C(C)C(O)CCCCCCCCCCCCCCCCCCCO. The molecule has 4 heteroatoms. The number of unbranched alkanes of at least 4 members (excludes halogenated alkanes) is 16.